The van der Waals surface area contributed by atoms with Gasteiger partial charge in [0, 0.05) is 34.0 Å². The van der Waals surface area contributed by atoms with Crippen molar-refractivity contribution in [2.75, 3.05) is 0 Å². The molecule has 0 aliphatic rings. The minimum Gasteiger partial charge on any atom is -0.341 e. The molecule has 20 heavy (non-hydrogen) atoms. The highest BCUT2D eigenvalue weighted by Gasteiger charge is 2.11. The van der Waals surface area contributed by atoms with Gasteiger partial charge in [0.1, 0.15) is 5.82 Å². The normalized spacial score (nSPS) is 11.9. The summed E-state index contributed by atoms with van der Waals surface area (Å²) in [5.74, 6) is 0.925. The van der Waals surface area contributed by atoms with E-state index in [1.165, 1.54) is 15.6 Å². The zero-order chi connectivity index (χ0) is 14.9. The van der Waals surface area contributed by atoms with Crippen LogP contribution in [0.1, 0.15) is 37.6 Å². The van der Waals surface area contributed by atoms with Gasteiger partial charge in [0.2, 0.25) is 0 Å². The van der Waals surface area contributed by atoms with Crippen molar-refractivity contribution in [3.05, 3.63) is 39.6 Å². The topological polar surface area (TPSA) is 40.7 Å². The van der Waals surface area contributed by atoms with E-state index in [1.54, 1.807) is 0 Å². The Morgan fingerprint density at radius 3 is 2.35 bits per heavy atom. The van der Waals surface area contributed by atoms with Crippen molar-refractivity contribution in [2.24, 2.45) is 0 Å². The van der Waals surface area contributed by atoms with E-state index >= 15 is 0 Å². The molecular weight excluding hydrogens is 314 g/mol. The maximum Gasteiger partial charge on any atom is 0.137 e. The van der Waals surface area contributed by atoms with Crippen LogP contribution < -0.4 is 5.32 Å². The van der Waals surface area contributed by atoms with Crippen LogP contribution in [-0.2, 0) is 6.54 Å². The van der Waals surface area contributed by atoms with E-state index in [9.17, 15) is 0 Å². The number of nitrogens with one attached hydrogen (secondary N) is 2. The molecule has 0 aliphatic carbocycles. The molecule has 0 amide bonds. The molecule has 2 aromatic rings. The predicted octanol–water partition coefficient (Wildman–Crippen LogP) is 4.34. The average Bonchev–Trinajstić information content (AvgIpc) is 2.81. The summed E-state index contributed by atoms with van der Waals surface area (Å²) in [5.41, 5.74) is 4.80. The molecule has 0 fully saturated rings. The molecule has 2 rings (SSSR count). The summed E-state index contributed by atoms with van der Waals surface area (Å²) in [5, 5.41) is 3.46. The molecule has 0 unspecified atom stereocenters. The van der Waals surface area contributed by atoms with Crippen molar-refractivity contribution in [1.82, 2.24) is 15.3 Å². The first kappa shape index (κ1) is 15.3. The van der Waals surface area contributed by atoms with E-state index in [0.717, 1.165) is 23.6 Å². The van der Waals surface area contributed by atoms with Crippen LogP contribution in [0.15, 0.2) is 22.8 Å². The van der Waals surface area contributed by atoms with Crippen molar-refractivity contribution < 1.29 is 0 Å². The Morgan fingerprint density at radius 2 is 1.80 bits per heavy atom. The zero-order valence-electron chi connectivity index (χ0n) is 12.8. The summed E-state index contributed by atoms with van der Waals surface area (Å²) in [7, 11) is 0. The Balaban J connectivity index is 2.21. The summed E-state index contributed by atoms with van der Waals surface area (Å²) in [4.78, 5) is 7.88. The number of nitrogens with zero attached hydrogens (tertiary/aromatic N) is 1. The summed E-state index contributed by atoms with van der Waals surface area (Å²) >= 11 is 3.60. The molecule has 0 bridgehead atoms. The van der Waals surface area contributed by atoms with Crippen molar-refractivity contribution >= 4 is 15.9 Å². The minimum absolute atomic E-state index is 0.107. The average molecular weight is 336 g/mol. The van der Waals surface area contributed by atoms with Gasteiger partial charge in [0.15, 0.2) is 0 Å². The summed E-state index contributed by atoms with van der Waals surface area (Å²) in [6, 6.07) is 4.30. The second-order valence-corrected chi connectivity index (χ2v) is 7.08. The highest BCUT2D eigenvalue weighted by molar-refractivity contribution is 9.10. The predicted molar refractivity (Wildman–Crippen MR) is 87.8 cm³/mol. The molecule has 1 heterocycles. The molecule has 4 heteroatoms. The summed E-state index contributed by atoms with van der Waals surface area (Å²) in [6.45, 7) is 11.5. The lowest BCUT2D eigenvalue weighted by Crippen LogP contribution is -2.35. The van der Waals surface area contributed by atoms with Gasteiger partial charge in [-0.15, -0.1) is 0 Å². The Labute approximate surface area is 129 Å². The lowest BCUT2D eigenvalue weighted by Gasteiger charge is -2.19. The van der Waals surface area contributed by atoms with Gasteiger partial charge in [-0.25, -0.2) is 4.98 Å². The van der Waals surface area contributed by atoms with E-state index in [2.05, 4.69) is 78.0 Å². The van der Waals surface area contributed by atoms with Gasteiger partial charge in [0.05, 0.1) is 0 Å². The Hall–Kier alpha value is -1.13. The van der Waals surface area contributed by atoms with Crippen LogP contribution in [0.25, 0.3) is 11.4 Å². The largest absolute Gasteiger partial charge is 0.341 e. The molecule has 0 spiro atoms. The molecule has 1 aromatic heterocycles. The molecule has 0 saturated heterocycles. The van der Waals surface area contributed by atoms with Gasteiger partial charge in [-0.2, -0.15) is 0 Å². The van der Waals surface area contributed by atoms with Gasteiger partial charge in [-0.3, -0.25) is 0 Å². The SMILES string of the molecule is Cc1cc(-c2ncc(CNC(C)(C)C)[nH]2)cc(C)c1Br. The van der Waals surface area contributed by atoms with Crippen molar-refractivity contribution in [3.8, 4) is 11.4 Å². The molecule has 3 nitrogen and oxygen atoms in total. The Bertz CT molecular complexity index is 585. The van der Waals surface area contributed by atoms with Crippen molar-refractivity contribution in [1.29, 1.82) is 0 Å². The van der Waals surface area contributed by atoms with Crippen molar-refractivity contribution in [2.45, 2.75) is 46.7 Å². The van der Waals surface area contributed by atoms with Crippen LogP contribution in [0.4, 0.5) is 0 Å². The number of aryl methyl sites for hydroxylation is 2. The van der Waals surface area contributed by atoms with Gasteiger partial charge in [-0.1, -0.05) is 15.9 Å². The molecular formula is C16H22BrN3. The second-order valence-electron chi connectivity index (χ2n) is 6.28. The first-order valence-corrected chi connectivity index (χ1v) is 7.61. The van der Waals surface area contributed by atoms with Crippen LogP contribution in [-0.4, -0.2) is 15.5 Å². The van der Waals surface area contributed by atoms with Crippen LogP contribution in [0.5, 0.6) is 0 Å². The highest BCUT2D eigenvalue weighted by Crippen LogP contribution is 2.27. The third kappa shape index (κ3) is 3.70. The fourth-order valence-corrected chi connectivity index (χ4v) is 2.27. The number of hydrogen-bond acceptors (Lipinski definition) is 2. The molecule has 0 radical (unpaired) electrons. The lowest BCUT2D eigenvalue weighted by atomic mass is 10.1. The fourth-order valence-electron chi connectivity index (χ4n) is 2.04. The van der Waals surface area contributed by atoms with E-state index in [1.807, 2.05) is 6.20 Å². The summed E-state index contributed by atoms with van der Waals surface area (Å²) in [6.07, 6.45) is 1.90. The number of hydrogen-bond donors (Lipinski definition) is 2. The first-order chi connectivity index (χ1) is 9.26. The number of rotatable bonds is 3. The van der Waals surface area contributed by atoms with Crippen LogP contribution in [0.3, 0.4) is 0 Å². The lowest BCUT2D eigenvalue weighted by molar-refractivity contribution is 0.422. The molecule has 2 N–H and O–H groups in total. The molecule has 0 atom stereocenters. The second kappa shape index (κ2) is 5.70. The van der Waals surface area contributed by atoms with Crippen molar-refractivity contribution in [3.63, 3.8) is 0 Å². The fraction of sp³-hybridized carbons (Fsp3) is 0.438. The van der Waals surface area contributed by atoms with E-state index in [0.29, 0.717) is 0 Å². The van der Waals surface area contributed by atoms with E-state index in [-0.39, 0.29) is 5.54 Å². The Kier molecular flexibility index (Phi) is 4.35. The minimum atomic E-state index is 0.107. The Morgan fingerprint density at radius 1 is 1.20 bits per heavy atom. The van der Waals surface area contributed by atoms with Gasteiger partial charge < -0.3 is 10.3 Å². The number of halogens is 1. The van der Waals surface area contributed by atoms with Crippen LogP contribution in [0.2, 0.25) is 0 Å². The number of aromatic amines is 1. The van der Waals surface area contributed by atoms with Crippen LogP contribution >= 0.6 is 15.9 Å². The van der Waals surface area contributed by atoms with Gasteiger partial charge >= 0.3 is 0 Å². The smallest absolute Gasteiger partial charge is 0.137 e. The van der Waals surface area contributed by atoms with E-state index < -0.39 is 0 Å². The quantitative estimate of drug-likeness (QED) is 0.875. The molecule has 1 aromatic carbocycles. The zero-order valence-corrected chi connectivity index (χ0v) is 14.4. The number of imidazole rings is 1. The number of aromatic nitrogens is 2. The third-order valence-electron chi connectivity index (χ3n) is 3.15. The monoisotopic (exact) mass is 335 g/mol. The molecule has 108 valence electrons. The maximum atomic E-state index is 4.49. The number of H-pyrrole nitrogens is 1. The molecule has 0 saturated carbocycles. The maximum absolute atomic E-state index is 4.49. The van der Waals surface area contributed by atoms with E-state index in [4.69, 9.17) is 0 Å². The standard InChI is InChI=1S/C16H22BrN3/c1-10-6-12(7-11(2)14(10)17)15-18-8-13(20-15)9-19-16(3,4)5/h6-8,19H,9H2,1-5H3,(H,18,20). The summed E-state index contributed by atoms with van der Waals surface area (Å²) < 4.78 is 1.17. The number of benzene rings is 1. The van der Waals surface area contributed by atoms with Gasteiger partial charge in [-0.05, 0) is 57.9 Å². The van der Waals surface area contributed by atoms with Gasteiger partial charge in [0.25, 0.3) is 0 Å². The molecule has 0 aliphatic heterocycles. The first-order valence-electron chi connectivity index (χ1n) is 6.82. The van der Waals surface area contributed by atoms with Crippen LogP contribution in [0, 0.1) is 13.8 Å². The third-order valence-corrected chi connectivity index (χ3v) is 4.40. The highest BCUT2D eigenvalue weighted by atomic mass is 79.9.